The first-order chi connectivity index (χ1) is 10.2. The highest BCUT2D eigenvalue weighted by Crippen LogP contribution is 2.32. The summed E-state index contributed by atoms with van der Waals surface area (Å²) in [6.07, 6.45) is 0. The molecule has 2 aromatic rings. The highest BCUT2D eigenvalue weighted by molar-refractivity contribution is 14.1. The Morgan fingerprint density at radius 3 is 2.27 bits per heavy atom. The predicted molar refractivity (Wildman–Crippen MR) is 95.4 cm³/mol. The summed E-state index contributed by atoms with van der Waals surface area (Å²) in [4.78, 5) is 15.6. The van der Waals surface area contributed by atoms with Gasteiger partial charge >= 0.3 is 5.97 Å². The number of H-pyrrole nitrogens is 1. The maximum Gasteiger partial charge on any atom is 0.355 e. The highest BCUT2D eigenvalue weighted by atomic mass is 127. The Morgan fingerprint density at radius 2 is 1.77 bits per heavy atom. The van der Waals surface area contributed by atoms with Crippen LogP contribution < -0.4 is 4.74 Å². The lowest BCUT2D eigenvalue weighted by atomic mass is 10.0. The average molecular weight is 413 g/mol. The van der Waals surface area contributed by atoms with Crippen molar-refractivity contribution in [2.24, 2.45) is 0 Å². The van der Waals surface area contributed by atoms with E-state index in [1.807, 2.05) is 52.0 Å². The largest absolute Gasteiger partial charge is 0.497 e. The number of halogens is 1. The monoisotopic (exact) mass is 413 g/mol. The molecule has 1 aromatic carbocycles. The van der Waals surface area contributed by atoms with Crippen LogP contribution >= 0.6 is 22.6 Å². The molecule has 0 aliphatic rings. The van der Waals surface area contributed by atoms with Crippen LogP contribution in [0.25, 0.3) is 11.1 Å². The zero-order valence-corrected chi connectivity index (χ0v) is 15.6. The molecular formula is C17H20INO3. The van der Waals surface area contributed by atoms with Crippen molar-refractivity contribution in [2.75, 3.05) is 7.11 Å². The summed E-state index contributed by atoms with van der Waals surface area (Å²) in [7, 11) is 1.63. The van der Waals surface area contributed by atoms with Crippen LogP contribution in [0.4, 0.5) is 0 Å². The number of ether oxygens (including phenoxy) is 2. The molecule has 1 aromatic heterocycles. The molecule has 0 fully saturated rings. The number of carbonyl (C=O) groups is 1. The van der Waals surface area contributed by atoms with Gasteiger partial charge < -0.3 is 14.5 Å². The summed E-state index contributed by atoms with van der Waals surface area (Å²) in [5.74, 6) is 0.440. The Labute approximate surface area is 144 Å². The van der Waals surface area contributed by atoms with Gasteiger partial charge in [-0.05, 0) is 73.5 Å². The molecule has 4 nitrogen and oxygen atoms in total. The summed E-state index contributed by atoms with van der Waals surface area (Å²) in [5.41, 5.74) is 2.83. The minimum atomic E-state index is -0.529. The standard InChI is InChI=1S/C17H20INO3/c1-10-13(11-6-8-12(21-5)9-7-11)14(19-15(10)18)16(20)22-17(2,3)4/h6-9,19H,1-5H3. The number of rotatable bonds is 3. The van der Waals surface area contributed by atoms with Gasteiger partial charge in [0.1, 0.15) is 17.0 Å². The molecule has 0 radical (unpaired) electrons. The molecule has 0 bridgehead atoms. The Kier molecular flexibility index (Phi) is 4.84. The van der Waals surface area contributed by atoms with Crippen molar-refractivity contribution in [1.82, 2.24) is 4.98 Å². The van der Waals surface area contributed by atoms with E-state index in [9.17, 15) is 4.79 Å². The van der Waals surface area contributed by atoms with Gasteiger partial charge in [0.05, 0.1) is 10.8 Å². The number of hydrogen-bond donors (Lipinski definition) is 1. The molecule has 0 spiro atoms. The first kappa shape index (κ1) is 16.9. The maximum absolute atomic E-state index is 12.5. The minimum Gasteiger partial charge on any atom is -0.497 e. The van der Waals surface area contributed by atoms with Crippen molar-refractivity contribution in [2.45, 2.75) is 33.3 Å². The Hall–Kier alpha value is -1.50. The lowest BCUT2D eigenvalue weighted by Gasteiger charge is -2.19. The van der Waals surface area contributed by atoms with E-state index in [2.05, 4.69) is 27.6 Å². The van der Waals surface area contributed by atoms with Crippen LogP contribution in [0.5, 0.6) is 5.75 Å². The van der Waals surface area contributed by atoms with Gasteiger partial charge in [0.15, 0.2) is 0 Å². The predicted octanol–water partition coefficient (Wildman–Crippen LogP) is 4.56. The number of carbonyl (C=O) groups excluding carboxylic acids is 1. The second-order valence-electron chi connectivity index (χ2n) is 6.04. The van der Waals surface area contributed by atoms with Crippen molar-refractivity contribution >= 4 is 28.6 Å². The summed E-state index contributed by atoms with van der Waals surface area (Å²) >= 11 is 2.19. The van der Waals surface area contributed by atoms with Crippen molar-refractivity contribution in [3.63, 3.8) is 0 Å². The molecule has 0 atom stereocenters. The van der Waals surface area contributed by atoms with Crippen LogP contribution in [0.15, 0.2) is 24.3 Å². The molecule has 1 N–H and O–H groups in total. The zero-order chi connectivity index (χ0) is 16.5. The van der Waals surface area contributed by atoms with Crippen LogP contribution in [0.3, 0.4) is 0 Å². The van der Waals surface area contributed by atoms with Crippen molar-refractivity contribution in [3.8, 4) is 16.9 Å². The molecule has 0 amide bonds. The molecule has 2 rings (SSSR count). The minimum absolute atomic E-state index is 0.343. The summed E-state index contributed by atoms with van der Waals surface area (Å²) < 4.78 is 11.6. The molecule has 0 unspecified atom stereocenters. The van der Waals surface area contributed by atoms with Gasteiger partial charge in [0, 0.05) is 5.56 Å². The van der Waals surface area contributed by atoms with Crippen molar-refractivity contribution in [3.05, 3.63) is 39.2 Å². The molecule has 0 aliphatic heterocycles. The topological polar surface area (TPSA) is 51.3 Å². The third kappa shape index (κ3) is 3.63. The number of nitrogens with one attached hydrogen (secondary N) is 1. The normalized spacial score (nSPS) is 11.4. The quantitative estimate of drug-likeness (QED) is 0.593. The second-order valence-corrected chi connectivity index (χ2v) is 7.12. The van der Waals surface area contributed by atoms with E-state index >= 15 is 0 Å². The fourth-order valence-corrected chi connectivity index (χ4v) is 2.70. The molecular weight excluding hydrogens is 393 g/mol. The van der Waals surface area contributed by atoms with Gasteiger partial charge in [-0.2, -0.15) is 0 Å². The molecule has 5 heteroatoms. The number of aromatic amines is 1. The molecule has 0 saturated heterocycles. The Balaban J connectivity index is 2.48. The van der Waals surface area contributed by atoms with Crippen LogP contribution in [0.2, 0.25) is 0 Å². The number of aromatic nitrogens is 1. The lowest BCUT2D eigenvalue weighted by molar-refractivity contribution is 0.00644. The maximum atomic E-state index is 12.5. The fraction of sp³-hybridized carbons (Fsp3) is 0.353. The lowest BCUT2D eigenvalue weighted by Crippen LogP contribution is -2.24. The summed E-state index contributed by atoms with van der Waals surface area (Å²) in [5, 5.41) is 0. The van der Waals surface area contributed by atoms with Gasteiger partial charge in [-0.3, -0.25) is 0 Å². The van der Waals surface area contributed by atoms with Gasteiger partial charge in [0.2, 0.25) is 0 Å². The highest BCUT2D eigenvalue weighted by Gasteiger charge is 2.25. The van der Waals surface area contributed by atoms with E-state index in [0.717, 1.165) is 26.1 Å². The van der Waals surface area contributed by atoms with Crippen LogP contribution in [-0.4, -0.2) is 23.7 Å². The fourth-order valence-electron chi connectivity index (χ4n) is 2.16. The molecule has 0 aliphatic carbocycles. The van der Waals surface area contributed by atoms with E-state index in [1.165, 1.54) is 0 Å². The average Bonchev–Trinajstić information content (AvgIpc) is 2.73. The van der Waals surface area contributed by atoms with Crippen LogP contribution in [0, 0.1) is 10.6 Å². The number of hydrogen-bond acceptors (Lipinski definition) is 3. The molecule has 1 heterocycles. The summed E-state index contributed by atoms with van der Waals surface area (Å²) in [6.45, 7) is 7.57. The smallest absolute Gasteiger partial charge is 0.355 e. The third-order valence-corrected chi connectivity index (χ3v) is 4.25. The second kappa shape index (κ2) is 6.32. The first-order valence-electron chi connectivity index (χ1n) is 6.99. The van der Waals surface area contributed by atoms with Gasteiger partial charge in [0.25, 0.3) is 0 Å². The first-order valence-corrected chi connectivity index (χ1v) is 8.06. The molecule has 0 saturated carbocycles. The Morgan fingerprint density at radius 1 is 1.18 bits per heavy atom. The number of methoxy groups -OCH3 is 1. The number of esters is 1. The number of benzene rings is 1. The van der Waals surface area contributed by atoms with E-state index in [4.69, 9.17) is 9.47 Å². The molecule has 22 heavy (non-hydrogen) atoms. The van der Waals surface area contributed by atoms with E-state index in [-0.39, 0.29) is 5.97 Å². The van der Waals surface area contributed by atoms with Crippen LogP contribution in [-0.2, 0) is 4.74 Å². The van der Waals surface area contributed by atoms with Gasteiger partial charge in [-0.1, -0.05) is 12.1 Å². The van der Waals surface area contributed by atoms with Crippen molar-refractivity contribution < 1.29 is 14.3 Å². The van der Waals surface area contributed by atoms with E-state index < -0.39 is 5.60 Å². The third-order valence-electron chi connectivity index (χ3n) is 3.17. The zero-order valence-electron chi connectivity index (χ0n) is 13.4. The van der Waals surface area contributed by atoms with E-state index in [1.54, 1.807) is 7.11 Å². The summed E-state index contributed by atoms with van der Waals surface area (Å²) in [6, 6.07) is 7.65. The van der Waals surface area contributed by atoms with Gasteiger partial charge in [-0.25, -0.2) is 4.79 Å². The molecule has 118 valence electrons. The Bertz CT molecular complexity index is 681. The van der Waals surface area contributed by atoms with Crippen molar-refractivity contribution in [1.29, 1.82) is 0 Å². The van der Waals surface area contributed by atoms with Crippen LogP contribution in [0.1, 0.15) is 36.8 Å². The van der Waals surface area contributed by atoms with E-state index in [0.29, 0.717) is 5.69 Å². The van der Waals surface area contributed by atoms with Gasteiger partial charge in [-0.15, -0.1) is 0 Å². The SMILES string of the molecule is COc1ccc(-c2c(C(=O)OC(C)(C)C)[nH]c(I)c2C)cc1.